The third-order valence-corrected chi connectivity index (χ3v) is 4.36. The maximum absolute atomic E-state index is 12.0. The van der Waals surface area contributed by atoms with Gasteiger partial charge >= 0.3 is 5.97 Å². The topological polar surface area (TPSA) is 46.8 Å². The van der Waals surface area contributed by atoms with E-state index >= 15 is 0 Å². The molecule has 5 heteroatoms. The van der Waals surface area contributed by atoms with Crippen LogP contribution in [0, 0.1) is 0 Å². The third kappa shape index (κ3) is 2.65. The van der Waals surface area contributed by atoms with E-state index in [1.165, 1.54) is 26.4 Å². The second-order valence-corrected chi connectivity index (χ2v) is 5.67. The number of hydrogen-bond acceptors (Lipinski definition) is 4. The fraction of sp³-hybridized carbons (Fsp3) is 0.500. The number of likely N-dealkylation sites (N-methyl/N-ethyl adjacent to an activating group) is 1. The van der Waals surface area contributed by atoms with E-state index in [2.05, 4.69) is 16.9 Å². The van der Waals surface area contributed by atoms with Gasteiger partial charge in [-0.15, -0.1) is 0 Å². The smallest absolute Gasteiger partial charge is 0.355 e. The fourth-order valence-electron chi connectivity index (χ4n) is 3.13. The number of imidazole rings is 1. The maximum atomic E-state index is 12.0. The van der Waals surface area contributed by atoms with E-state index in [9.17, 15) is 4.79 Å². The number of hydrogen-bond donors (Lipinski definition) is 0. The minimum Gasteiger partial charge on any atom is -0.464 e. The molecule has 0 spiro atoms. The normalized spacial score (nSPS) is 19.8. The molecular formula is C16H21N3O2. The van der Waals surface area contributed by atoms with Crippen molar-refractivity contribution in [3.8, 4) is 0 Å². The van der Waals surface area contributed by atoms with Crippen LogP contribution in [0.25, 0.3) is 5.52 Å². The van der Waals surface area contributed by atoms with Crippen LogP contribution in [0.5, 0.6) is 0 Å². The minimum atomic E-state index is -0.322. The molecule has 0 aromatic carbocycles. The average molecular weight is 287 g/mol. The molecule has 1 unspecified atom stereocenters. The highest BCUT2D eigenvalue weighted by Gasteiger charge is 2.22. The molecule has 2 aromatic heterocycles. The van der Waals surface area contributed by atoms with Crippen LogP contribution >= 0.6 is 0 Å². The Morgan fingerprint density at radius 3 is 3.05 bits per heavy atom. The van der Waals surface area contributed by atoms with E-state index in [1.54, 1.807) is 6.07 Å². The Labute approximate surface area is 124 Å². The van der Waals surface area contributed by atoms with Gasteiger partial charge in [0.2, 0.25) is 0 Å². The number of rotatable bonds is 3. The molecule has 0 N–H and O–H groups in total. The summed E-state index contributed by atoms with van der Waals surface area (Å²) < 4.78 is 6.81. The molecule has 3 rings (SSSR count). The van der Waals surface area contributed by atoms with Crippen molar-refractivity contribution in [2.24, 2.45) is 0 Å². The number of carbonyl (C=O) groups is 1. The second kappa shape index (κ2) is 5.85. The summed E-state index contributed by atoms with van der Waals surface area (Å²) in [6, 6.07) is 6.11. The number of aromatic nitrogens is 2. The number of ether oxygens (including phenoxy) is 1. The van der Waals surface area contributed by atoms with Crippen molar-refractivity contribution in [2.45, 2.75) is 31.7 Å². The second-order valence-electron chi connectivity index (χ2n) is 5.67. The van der Waals surface area contributed by atoms with Crippen LogP contribution in [0.15, 0.2) is 24.4 Å². The van der Waals surface area contributed by atoms with Crippen molar-refractivity contribution in [1.29, 1.82) is 0 Å². The molecule has 0 radical (unpaired) electrons. The molecule has 1 atom stereocenters. The Morgan fingerprint density at radius 1 is 1.43 bits per heavy atom. The molecule has 1 fully saturated rings. The summed E-state index contributed by atoms with van der Waals surface area (Å²) in [5.41, 5.74) is 1.48. The van der Waals surface area contributed by atoms with Gasteiger partial charge in [-0.3, -0.25) is 4.40 Å². The predicted octanol–water partition coefficient (Wildman–Crippen LogP) is 2.15. The number of methoxy groups -OCH3 is 1. The molecule has 0 bridgehead atoms. The number of carbonyl (C=O) groups excluding carboxylic acids is 1. The number of piperidine rings is 1. The van der Waals surface area contributed by atoms with Crippen LogP contribution < -0.4 is 0 Å². The summed E-state index contributed by atoms with van der Waals surface area (Å²) in [4.78, 5) is 18.9. The van der Waals surface area contributed by atoms with Gasteiger partial charge in [-0.2, -0.15) is 0 Å². The Balaban J connectivity index is 1.97. The Kier molecular flexibility index (Phi) is 3.92. The van der Waals surface area contributed by atoms with Gasteiger partial charge < -0.3 is 9.64 Å². The lowest BCUT2D eigenvalue weighted by molar-refractivity contribution is 0.0591. The first-order valence-corrected chi connectivity index (χ1v) is 7.44. The monoisotopic (exact) mass is 287 g/mol. The lowest BCUT2D eigenvalue weighted by Gasteiger charge is -2.32. The highest BCUT2D eigenvalue weighted by Crippen LogP contribution is 2.20. The molecule has 0 aliphatic carbocycles. The first-order valence-electron chi connectivity index (χ1n) is 7.44. The van der Waals surface area contributed by atoms with E-state index in [0.29, 0.717) is 11.7 Å². The fourth-order valence-corrected chi connectivity index (χ4v) is 3.13. The van der Waals surface area contributed by atoms with Gasteiger partial charge in [0.25, 0.3) is 0 Å². The van der Waals surface area contributed by atoms with Gasteiger partial charge in [-0.25, -0.2) is 9.78 Å². The summed E-state index contributed by atoms with van der Waals surface area (Å²) in [7, 11) is 3.58. The molecule has 0 amide bonds. The average Bonchev–Trinajstić information content (AvgIpc) is 2.92. The SMILES string of the molecule is COC(=O)c1cccc2cnc(CC3CCCCN3C)n12. The van der Waals surface area contributed by atoms with E-state index in [-0.39, 0.29) is 5.97 Å². The maximum Gasteiger partial charge on any atom is 0.355 e. The van der Waals surface area contributed by atoms with Crippen molar-refractivity contribution >= 4 is 11.5 Å². The predicted molar refractivity (Wildman–Crippen MR) is 80.5 cm³/mol. The highest BCUT2D eigenvalue weighted by atomic mass is 16.5. The molecule has 1 aliphatic heterocycles. The van der Waals surface area contributed by atoms with Gasteiger partial charge in [0.15, 0.2) is 0 Å². The Hall–Kier alpha value is -1.88. The van der Waals surface area contributed by atoms with Gasteiger partial charge in [0.05, 0.1) is 18.8 Å². The number of pyridine rings is 1. The van der Waals surface area contributed by atoms with Gasteiger partial charge in [-0.1, -0.05) is 12.5 Å². The van der Waals surface area contributed by atoms with Crippen molar-refractivity contribution < 1.29 is 9.53 Å². The van der Waals surface area contributed by atoms with Crippen LogP contribution in [0.1, 0.15) is 35.6 Å². The summed E-state index contributed by atoms with van der Waals surface area (Å²) >= 11 is 0. The highest BCUT2D eigenvalue weighted by molar-refractivity contribution is 5.88. The Morgan fingerprint density at radius 2 is 2.29 bits per heavy atom. The number of fused-ring (bicyclic) bond motifs is 1. The zero-order valence-corrected chi connectivity index (χ0v) is 12.6. The van der Waals surface area contributed by atoms with Crippen LogP contribution in [0.2, 0.25) is 0 Å². The standard InChI is InChI=1S/C16H21N3O2/c1-18-9-4-3-6-12(18)10-15-17-11-13-7-5-8-14(19(13)15)16(20)21-2/h5,7-8,11-12H,3-4,6,9-10H2,1-2H3. The molecule has 21 heavy (non-hydrogen) atoms. The molecule has 0 saturated carbocycles. The molecular weight excluding hydrogens is 266 g/mol. The molecule has 112 valence electrons. The van der Waals surface area contributed by atoms with Crippen molar-refractivity contribution in [1.82, 2.24) is 14.3 Å². The number of likely N-dealkylation sites (tertiary alicyclic amines) is 1. The lowest BCUT2D eigenvalue weighted by Crippen LogP contribution is -2.38. The first kappa shape index (κ1) is 14.1. The van der Waals surface area contributed by atoms with Gasteiger partial charge in [-0.05, 0) is 38.6 Å². The first-order chi connectivity index (χ1) is 10.2. The Bertz CT molecular complexity index is 650. The quantitative estimate of drug-likeness (QED) is 0.812. The molecule has 1 saturated heterocycles. The van der Waals surface area contributed by atoms with E-state index in [1.807, 2.05) is 22.7 Å². The molecule has 3 heterocycles. The largest absolute Gasteiger partial charge is 0.464 e. The third-order valence-electron chi connectivity index (χ3n) is 4.36. The van der Waals surface area contributed by atoms with Crippen LogP contribution in [-0.2, 0) is 11.2 Å². The van der Waals surface area contributed by atoms with E-state index < -0.39 is 0 Å². The van der Waals surface area contributed by atoms with Crippen LogP contribution in [-0.4, -0.2) is 47.0 Å². The zero-order valence-electron chi connectivity index (χ0n) is 12.6. The minimum absolute atomic E-state index is 0.322. The van der Waals surface area contributed by atoms with E-state index in [0.717, 1.165) is 24.3 Å². The van der Waals surface area contributed by atoms with Crippen LogP contribution in [0.4, 0.5) is 0 Å². The van der Waals surface area contributed by atoms with Crippen LogP contribution in [0.3, 0.4) is 0 Å². The summed E-state index contributed by atoms with van der Waals surface area (Å²) in [5, 5.41) is 0. The lowest BCUT2D eigenvalue weighted by atomic mass is 10.00. The summed E-state index contributed by atoms with van der Waals surface area (Å²) in [6.45, 7) is 1.14. The molecule has 5 nitrogen and oxygen atoms in total. The molecule has 2 aromatic rings. The van der Waals surface area contributed by atoms with Gasteiger partial charge in [0.1, 0.15) is 11.5 Å². The zero-order chi connectivity index (χ0) is 14.8. The number of esters is 1. The van der Waals surface area contributed by atoms with E-state index in [4.69, 9.17) is 4.74 Å². The number of nitrogens with zero attached hydrogens (tertiary/aromatic N) is 3. The molecule has 1 aliphatic rings. The van der Waals surface area contributed by atoms with Crippen molar-refractivity contribution in [3.05, 3.63) is 35.9 Å². The van der Waals surface area contributed by atoms with Crippen molar-refractivity contribution in [3.63, 3.8) is 0 Å². The van der Waals surface area contributed by atoms with Crippen molar-refractivity contribution in [2.75, 3.05) is 20.7 Å². The summed E-state index contributed by atoms with van der Waals surface area (Å²) in [6.07, 6.45) is 6.40. The van der Waals surface area contributed by atoms with Gasteiger partial charge in [0, 0.05) is 12.5 Å². The summed E-state index contributed by atoms with van der Waals surface area (Å²) in [5.74, 6) is 0.613.